The quantitative estimate of drug-likeness (QED) is 0.550. The first-order valence-corrected chi connectivity index (χ1v) is 9.37. The maximum absolute atomic E-state index is 13.0. The number of methoxy groups -OCH3 is 2. The van der Waals surface area contributed by atoms with E-state index in [1.165, 1.54) is 0 Å². The van der Waals surface area contributed by atoms with Crippen LogP contribution in [0.4, 0.5) is 0 Å². The second-order valence-electron chi connectivity index (χ2n) is 6.58. The van der Waals surface area contributed by atoms with Crippen molar-refractivity contribution in [1.29, 1.82) is 0 Å². The smallest absolute Gasteiger partial charge is 0.254 e. The average molecular weight is 399 g/mol. The maximum atomic E-state index is 13.0. The van der Waals surface area contributed by atoms with E-state index in [1.807, 2.05) is 25.1 Å². The van der Waals surface area contributed by atoms with Gasteiger partial charge in [0.1, 0.15) is 10.9 Å². The van der Waals surface area contributed by atoms with E-state index in [2.05, 4.69) is 11.1 Å². The molecule has 1 aromatic heterocycles. The van der Waals surface area contributed by atoms with Crippen LogP contribution in [0.1, 0.15) is 21.5 Å². The number of carbonyl (C=O) groups is 1. The van der Waals surface area contributed by atoms with Crippen LogP contribution in [0.5, 0.6) is 5.75 Å². The van der Waals surface area contributed by atoms with Gasteiger partial charge in [-0.05, 0) is 49.4 Å². The molecular formula is C22H23ClN2O3. The van der Waals surface area contributed by atoms with Crippen molar-refractivity contribution in [2.45, 2.75) is 13.5 Å². The molecule has 0 fully saturated rings. The number of carbonyl (C=O) groups excluding carboxylic acids is 1. The van der Waals surface area contributed by atoms with E-state index in [0.29, 0.717) is 36.2 Å². The molecule has 0 bridgehead atoms. The highest BCUT2D eigenvalue weighted by molar-refractivity contribution is 6.30. The molecule has 3 rings (SSSR count). The monoisotopic (exact) mass is 398 g/mol. The Morgan fingerprint density at radius 3 is 2.54 bits per heavy atom. The first-order chi connectivity index (χ1) is 13.5. The number of benzene rings is 2. The predicted molar refractivity (Wildman–Crippen MR) is 111 cm³/mol. The Kier molecular flexibility index (Phi) is 6.49. The number of ether oxygens (including phenoxy) is 2. The number of fused-ring (bicyclic) bond motifs is 1. The van der Waals surface area contributed by atoms with Gasteiger partial charge in [-0.15, -0.1) is 0 Å². The molecule has 0 saturated carbocycles. The van der Waals surface area contributed by atoms with E-state index < -0.39 is 0 Å². The van der Waals surface area contributed by atoms with Crippen molar-refractivity contribution >= 4 is 28.4 Å². The van der Waals surface area contributed by atoms with E-state index in [0.717, 1.165) is 22.0 Å². The highest BCUT2D eigenvalue weighted by Crippen LogP contribution is 2.24. The number of halogens is 1. The molecule has 1 amide bonds. The third-order valence-electron chi connectivity index (χ3n) is 4.55. The highest BCUT2D eigenvalue weighted by atomic mass is 35.5. The van der Waals surface area contributed by atoms with Crippen molar-refractivity contribution in [3.05, 3.63) is 70.4 Å². The molecule has 28 heavy (non-hydrogen) atoms. The number of aryl methyl sites for hydroxylation is 1. The van der Waals surface area contributed by atoms with Gasteiger partial charge in [-0.25, -0.2) is 4.98 Å². The largest absolute Gasteiger partial charge is 0.497 e. The molecule has 0 aliphatic rings. The number of nitrogens with zero attached hydrogens (tertiary/aromatic N) is 2. The van der Waals surface area contributed by atoms with Gasteiger partial charge >= 0.3 is 0 Å². The number of rotatable bonds is 7. The zero-order valence-electron chi connectivity index (χ0n) is 16.2. The topological polar surface area (TPSA) is 51.7 Å². The molecule has 146 valence electrons. The minimum Gasteiger partial charge on any atom is -0.497 e. The van der Waals surface area contributed by atoms with E-state index in [9.17, 15) is 4.79 Å². The van der Waals surface area contributed by atoms with E-state index >= 15 is 0 Å². The van der Waals surface area contributed by atoms with Gasteiger partial charge in [0.2, 0.25) is 0 Å². The number of aromatic nitrogens is 1. The Bertz CT molecular complexity index is 973. The minimum absolute atomic E-state index is 0.0971. The molecule has 6 heteroatoms. The van der Waals surface area contributed by atoms with Crippen LogP contribution >= 0.6 is 11.6 Å². The summed E-state index contributed by atoms with van der Waals surface area (Å²) in [6.07, 6.45) is 0. The summed E-state index contributed by atoms with van der Waals surface area (Å²) < 4.78 is 10.4. The zero-order chi connectivity index (χ0) is 20.1. The van der Waals surface area contributed by atoms with Gasteiger partial charge in [0.25, 0.3) is 5.91 Å². The third kappa shape index (κ3) is 4.61. The van der Waals surface area contributed by atoms with Crippen molar-refractivity contribution in [3.63, 3.8) is 0 Å². The summed E-state index contributed by atoms with van der Waals surface area (Å²) in [6.45, 7) is 3.26. The average Bonchev–Trinajstić information content (AvgIpc) is 2.71. The Morgan fingerprint density at radius 1 is 1.11 bits per heavy atom. The summed E-state index contributed by atoms with van der Waals surface area (Å²) in [4.78, 5) is 19.3. The highest BCUT2D eigenvalue weighted by Gasteiger charge is 2.18. The van der Waals surface area contributed by atoms with Crippen LogP contribution in [0.3, 0.4) is 0 Å². The first kappa shape index (κ1) is 20.1. The molecule has 0 saturated heterocycles. The van der Waals surface area contributed by atoms with Crippen LogP contribution in [0.15, 0.2) is 48.5 Å². The van der Waals surface area contributed by atoms with Crippen LogP contribution in [0.2, 0.25) is 5.15 Å². The maximum Gasteiger partial charge on any atom is 0.254 e. The van der Waals surface area contributed by atoms with Gasteiger partial charge < -0.3 is 14.4 Å². The van der Waals surface area contributed by atoms with E-state index in [1.54, 1.807) is 43.4 Å². The van der Waals surface area contributed by atoms with Crippen molar-refractivity contribution in [3.8, 4) is 5.75 Å². The van der Waals surface area contributed by atoms with Crippen LogP contribution < -0.4 is 4.74 Å². The molecule has 0 atom stereocenters. The van der Waals surface area contributed by atoms with Gasteiger partial charge in [0.15, 0.2) is 0 Å². The van der Waals surface area contributed by atoms with Gasteiger partial charge in [-0.3, -0.25) is 4.79 Å². The fourth-order valence-corrected chi connectivity index (χ4v) is 3.21. The van der Waals surface area contributed by atoms with Crippen molar-refractivity contribution in [2.75, 3.05) is 27.4 Å². The van der Waals surface area contributed by atoms with Crippen LogP contribution in [-0.2, 0) is 11.3 Å². The van der Waals surface area contributed by atoms with Crippen molar-refractivity contribution in [1.82, 2.24) is 9.88 Å². The third-order valence-corrected chi connectivity index (χ3v) is 4.87. The molecule has 0 N–H and O–H groups in total. The van der Waals surface area contributed by atoms with Crippen LogP contribution in [0, 0.1) is 6.92 Å². The lowest BCUT2D eigenvalue weighted by atomic mass is 10.1. The Labute approximate surface area is 169 Å². The molecule has 2 aromatic carbocycles. The lowest BCUT2D eigenvalue weighted by Crippen LogP contribution is -2.33. The molecule has 0 spiro atoms. The summed E-state index contributed by atoms with van der Waals surface area (Å²) in [6, 6.07) is 15.1. The van der Waals surface area contributed by atoms with Crippen LogP contribution in [0.25, 0.3) is 10.9 Å². The molecule has 1 heterocycles. The number of hydrogen-bond donors (Lipinski definition) is 0. The second kappa shape index (κ2) is 9.04. The van der Waals surface area contributed by atoms with Crippen LogP contribution in [-0.4, -0.2) is 43.2 Å². The fraction of sp³-hybridized carbons (Fsp3) is 0.273. The normalized spacial score (nSPS) is 10.9. The fourth-order valence-electron chi connectivity index (χ4n) is 3.00. The van der Waals surface area contributed by atoms with Crippen molar-refractivity contribution < 1.29 is 14.3 Å². The molecule has 0 aliphatic carbocycles. The van der Waals surface area contributed by atoms with Crippen molar-refractivity contribution in [2.24, 2.45) is 0 Å². The second-order valence-corrected chi connectivity index (χ2v) is 6.94. The van der Waals surface area contributed by atoms with Gasteiger partial charge in [0.05, 0.1) is 19.2 Å². The standard InChI is InChI=1S/C22H23ClN2O3/c1-15-4-9-20-17(12-15)13-18(21(23)24-20)14-25(10-11-27-2)22(26)16-5-7-19(28-3)8-6-16/h4-9,12-13H,10-11,14H2,1-3H3. The molecule has 3 aromatic rings. The molecule has 0 unspecified atom stereocenters. The Hall–Kier alpha value is -2.63. The zero-order valence-corrected chi connectivity index (χ0v) is 17.0. The van der Waals surface area contributed by atoms with Gasteiger partial charge in [-0.2, -0.15) is 0 Å². The molecular weight excluding hydrogens is 376 g/mol. The minimum atomic E-state index is -0.0971. The summed E-state index contributed by atoms with van der Waals surface area (Å²) >= 11 is 6.41. The Balaban J connectivity index is 1.90. The summed E-state index contributed by atoms with van der Waals surface area (Å²) in [5.74, 6) is 0.609. The number of hydrogen-bond acceptors (Lipinski definition) is 4. The van der Waals surface area contributed by atoms with E-state index in [4.69, 9.17) is 21.1 Å². The number of amides is 1. The molecule has 0 radical (unpaired) electrons. The number of pyridine rings is 1. The summed E-state index contributed by atoms with van der Waals surface area (Å²) in [5.41, 5.74) is 3.37. The van der Waals surface area contributed by atoms with Gasteiger partial charge in [-0.1, -0.05) is 23.2 Å². The SMILES string of the molecule is COCCN(Cc1cc2cc(C)ccc2nc1Cl)C(=O)c1ccc(OC)cc1. The summed E-state index contributed by atoms with van der Waals surface area (Å²) in [5, 5.41) is 1.41. The lowest BCUT2D eigenvalue weighted by molar-refractivity contribution is 0.0680. The van der Waals surface area contributed by atoms with Gasteiger partial charge in [0, 0.05) is 36.7 Å². The summed E-state index contributed by atoms with van der Waals surface area (Å²) in [7, 11) is 3.21. The first-order valence-electron chi connectivity index (χ1n) is 9.00. The molecule has 0 aliphatic heterocycles. The molecule has 5 nitrogen and oxygen atoms in total. The Morgan fingerprint density at radius 2 is 1.86 bits per heavy atom. The lowest BCUT2D eigenvalue weighted by Gasteiger charge is -2.23. The predicted octanol–water partition coefficient (Wildman–Crippen LogP) is 4.49. The van der Waals surface area contributed by atoms with E-state index in [-0.39, 0.29) is 5.91 Å².